The number of thiophene rings is 1. The average Bonchev–Trinajstić information content (AvgIpc) is 3.35. The number of nitrogens with one attached hydrogen (secondary N) is 2. The maximum absolute atomic E-state index is 12.8. The number of hydrogen-bond donors (Lipinski definition) is 2. The van der Waals surface area contributed by atoms with E-state index in [1.165, 1.54) is 17.8 Å². The molecule has 0 aliphatic carbocycles. The summed E-state index contributed by atoms with van der Waals surface area (Å²) in [6, 6.07) is 9.67. The standard InChI is InChI=1S/C21H25N5O5S2/c1-3-4-7-12-26-21(29)16-10-6-5-9-15(16)19(24-26)20(28)23-22-17(27)14-25(2)33(30,31)18-11-8-13-32-18/h5-6,8-11,13H,3-4,7,12,14H2,1-2H3,(H,22,27)(H,23,28). The zero-order valence-corrected chi connectivity index (χ0v) is 19.9. The molecule has 0 saturated heterocycles. The highest BCUT2D eigenvalue weighted by atomic mass is 32.2. The molecule has 2 heterocycles. The Balaban J connectivity index is 1.73. The van der Waals surface area contributed by atoms with Crippen molar-refractivity contribution in [2.45, 2.75) is 36.9 Å². The van der Waals surface area contributed by atoms with Crippen LogP contribution in [0, 0.1) is 0 Å². The molecule has 33 heavy (non-hydrogen) atoms. The van der Waals surface area contributed by atoms with Gasteiger partial charge in [0.2, 0.25) is 0 Å². The number of nitrogens with zero attached hydrogens (tertiary/aromatic N) is 3. The number of carbonyl (C=O) groups is 2. The largest absolute Gasteiger partial charge is 0.290 e. The predicted octanol–water partition coefficient (Wildman–Crippen LogP) is 1.73. The van der Waals surface area contributed by atoms with Gasteiger partial charge < -0.3 is 0 Å². The summed E-state index contributed by atoms with van der Waals surface area (Å²) >= 11 is 1.04. The Morgan fingerprint density at radius 3 is 2.48 bits per heavy atom. The van der Waals surface area contributed by atoms with Crippen molar-refractivity contribution >= 4 is 43.9 Å². The Bertz CT molecular complexity index is 1300. The lowest BCUT2D eigenvalue weighted by molar-refractivity contribution is -0.121. The fourth-order valence-electron chi connectivity index (χ4n) is 3.14. The first-order chi connectivity index (χ1) is 15.8. The number of hydrazine groups is 1. The molecular weight excluding hydrogens is 466 g/mol. The van der Waals surface area contributed by atoms with Gasteiger partial charge in [0.05, 0.1) is 11.9 Å². The summed E-state index contributed by atoms with van der Waals surface area (Å²) in [6.07, 6.45) is 2.63. The van der Waals surface area contributed by atoms with Crippen LogP contribution in [-0.4, -0.2) is 47.9 Å². The van der Waals surface area contributed by atoms with E-state index in [-0.39, 0.29) is 15.5 Å². The van der Waals surface area contributed by atoms with Gasteiger partial charge in [0.25, 0.3) is 27.4 Å². The van der Waals surface area contributed by atoms with Gasteiger partial charge in [-0.1, -0.05) is 44.0 Å². The van der Waals surface area contributed by atoms with E-state index < -0.39 is 28.4 Å². The van der Waals surface area contributed by atoms with Crippen LogP contribution in [0.2, 0.25) is 0 Å². The first-order valence-corrected chi connectivity index (χ1v) is 12.7. The van der Waals surface area contributed by atoms with Gasteiger partial charge in [-0.15, -0.1) is 11.3 Å². The Labute approximate surface area is 195 Å². The fraction of sp³-hybridized carbons (Fsp3) is 0.333. The van der Waals surface area contributed by atoms with E-state index >= 15 is 0 Å². The van der Waals surface area contributed by atoms with E-state index in [4.69, 9.17) is 0 Å². The van der Waals surface area contributed by atoms with Gasteiger partial charge in [-0.25, -0.2) is 13.1 Å². The van der Waals surface area contributed by atoms with Crippen LogP contribution in [0.15, 0.2) is 50.8 Å². The molecule has 0 spiro atoms. The monoisotopic (exact) mass is 491 g/mol. The molecule has 0 aliphatic rings. The molecule has 0 fully saturated rings. The molecule has 10 nitrogen and oxygen atoms in total. The highest BCUT2D eigenvalue weighted by Crippen LogP contribution is 2.19. The third-order valence-corrected chi connectivity index (χ3v) is 8.07. The number of likely N-dealkylation sites (N-methyl/N-ethyl adjacent to an activating group) is 1. The van der Waals surface area contributed by atoms with E-state index in [0.29, 0.717) is 17.3 Å². The summed E-state index contributed by atoms with van der Waals surface area (Å²) in [5, 5.41) is 6.55. The minimum Gasteiger partial charge on any atom is -0.272 e. The van der Waals surface area contributed by atoms with Gasteiger partial charge >= 0.3 is 0 Å². The zero-order chi connectivity index (χ0) is 24.0. The number of carbonyl (C=O) groups excluding carboxylic acids is 2. The number of rotatable bonds is 9. The van der Waals surface area contributed by atoms with E-state index in [9.17, 15) is 22.8 Å². The van der Waals surface area contributed by atoms with Gasteiger partial charge in [0.1, 0.15) is 4.21 Å². The second-order valence-corrected chi connectivity index (χ2v) is 10.5. The van der Waals surface area contributed by atoms with Crippen LogP contribution in [0.5, 0.6) is 0 Å². The first kappa shape index (κ1) is 24.6. The number of aryl methyl sites for hydroxylation is 1. The van der Waals surface area contributed by atoms with E-state index in [0.717, 1.165) is 34.9 Å². The molecule has 1 aromatic carbocycles. The van der Waals surface area contributed by atoms with Crippen LogP contribution in [0.4, 0.5) is 0 Å². The van der Waals surface area contributed by atoms with Crippen LogP contribution in [0.1, 0.15) is 36.7 Å². The van der Waals surface area contributed by atoms with Gasteiger partial charge in [-0.05, 0) is 23.9 Å². The summed E-state index contributed by atoms with van der Waals surface area (Å²) in [5.74, 6) is -1.45. The molecule has 2 N–H and O–H groups in total. The van der Waals surface area contributed by atoms with E-state index in [1.807, 2.05) is 6.92 Å². The minimum absolute atomic E-state index is 0.0124. The number of hydrogen-bond acceptors (Lipinski definition) is 7. The Morgan fingerprint density at radius 1 is 1.09 bits per heavy atom. The topological polar surface area (TPSA) is 130 Å². The second-order valence-electron chi connectivity index (χ2n) is 7.33. The summed E-state index contributed by atoms with van der Waals surface area (Å²) in [4.78, 5) is 37.8. The quantitative estimate of drug-likeness (QED) is 0.346. The molecule has 2 aromatic heterocycles. The van der Waals surface area contributed by atoms with Gasteiger partial charge in [-0.2, -0.15) is 9.40 Å². The molecule has 0 radical (unpaired) electrons. The minimum atomic E-state index is -3.80. The maximum Gasteiger partial charge on any atom is 0.290 e. The molecule has 0 bridgehead atoms. The number of unbranched alkanes of at least 4 members (excludes halogenated alkanes) is 2. The molecule has 176 valence electrons. The van der Waals surface area contributed by atoms with Crippen molar-refractivity contribution in [3.63, 3.8) is 0 Å². The summed E-state index contributed by atoms with van der Waals surface area (Å²) in [6.45, 7) is 1.92. The lowest BCUT2D eigenvalue weighted by Gasteiger charge is -2.16. The van der Waals surface area contributed by atoms with Crippen molar-refractivity contribution in [3.05, 3.63) is 57.8 Å². The summed E-state index contributed by atoms with van der Waals surface area (Å²) < 4.78 is 27.1. The van der Waals surface area contributed by atoms with Crippen LogP contribution in [0.25, 0.3) is 10.8 Å². The smallest absolute Gasteiger partial charge is 0.272 e. The SMILES string of the molecule is CCCCCn1nc(C(=O)NNC(=O)CN(C)S(=O)(=O)c2cccs2)c2ccccc2c1=O. The number of sulfonamides is 1. The van der Waals surface area contributed by atoms with Crippen molar-refractivity contribution in [3.8, 4) is 0 Å². The Hall–Kier alpha value is -3.09. The van der Waals surface area contributed by atoms with Crippen LogP contribution in [-0.2, 0) is 21.4 Å². The van der Waals surface area contributed by atoms with Gasteiger partial charge in [0.15, 0.2) is 5.69 Å². The van der Waals surface area contributed by atoms with Crippen molar-refractivity contribution in [1.82, 2.24) is 24.9 Å². The highest BCUT2D eigenvalue weighted by molar-refractivity contribution is 7.91. The first-order valence-electron chi connectivity index (χ1n) is 10.3. The second kappa shape index (κ2) is 10.7. The average molecular weight is 492 g/mol. The number of amides is 2. The lowest BCUT2D eigenvalue weighted by Crippen LogP contribution is -2.47. The summed E-state index contributed by atoms with van der Waals surface area (Å²) in [5.41, 5.74) is 4.17. The van der Waals surface area contributed by atoms with Crippen LogP contribution < -0.4 is 16.4 Å². The number of aromatic nitrogens is 2. The van der Waals surface area contributed by atoms with E-state index in [1.54, 1.807) is 35.7 Å². The van der Waals surface area contributed by atoms with Crippen molar-refractivity contribution < 1.29 is 18.0 Å². The Kier molecular flexibility index (Phi) is 7.95. The zero-order valence-electron chi connectivity index (χ0n) is 18.3. The molecule has 0 aliphatic heterocycles. The van der Waals surface area contributed by atoms with Crippen molar-refractivity contribution in [1.29, 1.82) is 0 Å². The molecule has 12 heteroatoms. The Morgan fingerprint density at radius 2 is 1.82 bits per heavy atom. The molecule has 2 amide bonds. The molecule has 0 saturated carbocycles. The fourth-order valence-corrected chi connectivity index (χ4v) is 5.47. The van der Waals surface area contributed by atoms with Crippen LogP contribution >= 0.6 is 11.3 Å². The predicted molar refractivity (Wildman–Crippen MR) is 125 cm³/mol. The lowest BCUT2D eigenvalue weighted by atomic mass is 10.1. The molecule has 0 atom stereocenters. The molecular formula is C21H25N5O5S2. The van der Waals surface area contributed by atoms with Gasteiger partial charge in [-0.3, -0.25) is 25.2 Å². The van der Waals surface area contributed by atoms with Gasteiger partial charge in [0, 0.05) is 19.0 Å². The summed E-state index contributed by atoms with van der Waals surface area (Å²) in [7, 11) is -2.53. The molecule has 3 rings (SSSR count). The molecule has 0 unspecified atom stereocenters. The molecule has 3 aromatic rings. The third kappa shape index (κ3) is 5.64. The number of benzene rings is 1. The van der Waals surface area contributed by atoms with Crippen molar-refractivity contribution in [2.24, 2.45) is 0 Å². The van der Waals surface area contributed by atoms with Crippen molar-refractivity contribution in [2.75, 3.05) is 13.6 Å². The number of fused-ring (bicyclic) bond motifs is 1. The highest BCUT2D eigenvalue weighted by Gasteiger charge is 2.24. The normalized spacial score (nSPS) is 11.6. The third-order valence-electron chi connectivity index (χ3n) is 4.90. The van der Waals surface area contributed by atoms with E-state index in [2.05, 4.69) is 16.0 Å². The maximum atomic E-state index is 12.8. The van der Waals surface area contributed by atoms with Crippen LogP contribution in [0.3, 0.4) is 0 Å².